The maximum absolute atomic E-state index is 10.4. The van der Waals surface area contributed by atoms with Gasteiger partial charge in [-0.3, -0.25) is 0 Å². The molecule has 0 aliphatic rings. The third kappa shape index (κ3) is 5.60. The molecule has 3 amide bonds. The zero-order valence-corrected chi connectivity index (χ0v) is 7.25. The molecule has 0 fully saturated rings. The molecule has 0 aromatic heterocycles. The van der Waals surface area contributed by atoms with Crippen LogP contribution >= 0.6 is 22.6 Å². The first kappa shape index (κ1) is 9.47. The number of nitrogens with two attached hydrogens (primary N) is 1. The summed E-state index contributed by atoms with van der Waals surface area (Å²) >= 11 is 2.03. The van der Waals surface area contributed by atoms with Crippen LogP contribution < -0.4 is 11.1 Å². The van der Waals surface area contributed by atoms with Crippen LogP contribution in [-0.4, -0.2) is 23.2 Å². The van der Waals surface area contributed by atoms with E-state index in [4.69, 9.17) is 0 Å². The number of imide groups is 1. The van der Waals surface area contributed by atoms with Gasteiger partial charge in [-0.25, -0.2) is 14.9 Å². The summed E-state index contributed by atoms with van der Waals surface area (Å²) in [5.41, 5.74) is 4.61. The molecule has 0 saturated carbocycles. The molecule has 58 valence electrons. The Morgan fingerprint density at radius 2 is 2.20 bits per heavy atom. The number of nitrogens with one attached hydrogen (secondary N) is 1. The van der Waals surface area contributed by atoms with Gasteiger partial charge in [-0.2, -0.15) is 0 Å². The number of alkyl carbamates (subject to hydrolysis) is 1. The predicted octanol–water partition coefficient (Wildman–Crippen LogP) is 0.226. The van der Waals surface area contributed by atoms with E-state index in [1.165, 1.54) is 0 Å². The molecule has 0 atom stereocenters. The van der Waals surface area contributed by atoms with Gasteiger partial charge in [-0.15, -0.1) is 0 Å². The number of halogens is 1. The fourth-order valence-corrected chi connectivity index (χ4v) is 0.488. The van der Waals surface area contributed by atoms with Gasteiger partial charge in [0.05, 0.1) is 0 Å². The van der Waals surface area contributed by atoms with E-state index in [1.54, 1.807) is 5.32 Å². The molecule has 0 saturated heterocycles. The Morgan fingerprint density at radius 1 is 1.60 bits per heavy atom. The van der Waals surface area contributed by atoms with Crippen LogP contribution in [0.5, 0.6) is 0 Å². The molecule has 0 heterocycles. The fraction of sp³-hybridized carbons (Fsp3) is 0.500. The minimum Gasteiger partial charge on any atom is -0.448 e. The van der Waals surface area contributed by atoms with Crippen LogP contribution in [0.2, 0.25) is 0 Å². The second kappa shape index (κ2) is 5.27. The first-order chi connectivity index (χ1) is 4.66. The summed E-state index contributed by atoms with van der Waals surface area (Å²) in [6, 6.07) is -0.904. The topological polar surface area (TPSA) is 81.4 Å². The predicted molar refractivity (Wildman–Crippen MR) is 43.0 cm³/mol. The Labute approximate surface area is 71.4 Å². The summed E-state index contributed by atoms with van der Waals surface area (Å²) in [5, 5.41) is 1.75. The van der Waals surface area contributed by atoms with Crippen LogP contribution in [0.25, 0.3) is 0 Å². The molecule has 0 radical (unpaired) electrons. The van der Waals surface area contributed by atoms with E-state index in [-0.39, 0.29) is 6.61 Å². The highest BCUT2D eigenvalue weighted by Gasteiger charge is 2.02. The monoisotopic (exact) mass is 258 g/mol. The van der Waals surface area contributed by atoms with Gasteiger partial charge in [-0.05, 0) is 0 Å². The van der Waals surface area contributed by atoms with Crippen LogP contribution in [0.4, 0.5) is 9.59 Å². The zero-order valence-electron chi connectivity index (χ0n) is 5.09. The fourth-order valence-electron chi connectivity index (χ4n) is 0.268. The standard InChI is InChI=1S/C4H7IN2O3/c5-1-2-10-4(9)7-3(6)8/h1-2H2,(H3,6,7,8,9). The van der Waals surface area contributed by atoms with Gasteiger partial charge in [0.1, 0.15) is 6.61 Å². The number of ether oxygens (including phenoxy) is 1. The van der Waals surface area contributed by atoms with Gasteiger partial charge in [0.2, 0.25) is 0 Å². The third-order valence-electron chi connectivity index (χ3n) is 0.536. The summed E-state index contributed by atoms with van der Waals surface area (Å²) in [4.78, 5) is 20.4. The van der Waals surface area contributed by atoms with E-state index in [0.717, 1.165) is 0 Å². The molecule has 0 bridgehead atoms. The zero-order chi connectivity index (χ0) is 7.98. The number of hydrogen-bond acceptors (Lipinski definition) is 3. The van der Waals surface area contributed by atoms with Crippen LogP contribution in [-0.2, 0) is 4.74 Å². The van der Waals surface area contributed by atoms with Crippen LogP contribution in [0.1, 0.15) is 0 Å². The van der Waals surface area contributed by atoms with E-state index in [0.29, 0.717) is 4.43 Å². The summed E-state index contributed by atoms with van der Waals surface area (Å²) in [5.74, 6) is 0. The number of carbonyl (C=O) groups excluding carboxylic acids is 2. The summed E-state index contributed by atoms with van der Waals surface area (Å²) < 4.78 is 5.13. The normalized spacial score (nSPS) is 8.50. The molecule has 3 N–H and O–H groups in total. The second-order valence-electron chi connectivity index (χ2n) is 1.31. The molecular formula is C4H7IN2O3. The van der Waals surface area contributed by atoms with E-state index < -0.39 is 12.1 Å². The quantitative estimate of drug-likeness (QED) is 0.549. The van der Waals surface area contributed by atoms with Crippen molar-refractivity contribution in [1.29, 1.82) is 0 Å². The van der Waals surface area contributed by atoms with E-state index >= 15 is 0 Å². The maximum atomic E-state index is 10.4. The lowest BCUT2D eigenvalue weighted by Crippen LogP contribution is -2.35. The molecule has 0 aliphatic heterocycles. The maximum Gasteiger partial charge on any atom is 0.415 e. The number of alkyl halides is 1. The molecule has 5 nitrogen and oxygen atoms in total. The van der Waals surface area contributed by atoms with Crippen molar-refractivity contribution < 1.29 is 14.3 Å². The summed E-state index contributed by atoms with van der Waals surface area (Å²) in [7, 11) is 0. The third-order valence-corrected chi connectivity index (χ3v) is 0.976. The Bertz CT molecular complexity index is 138. The SMILES string of the molecule is NC(=O)NC(=O)OCCI. The summed E-state index contributed by atoms with van der Waals surface area (Å²) in [6.07, 6.45) is -0.802. The van der Waals surface area contributed by atoms with Gasteiger partial charge >= 0.3 is 12.1 Å². The van der Waals surface area contributed by atoms with E-state index in [1.807, 2.05) is 22.6 Å². The van der Waals surface area contributed by atoms with Crippen LogP contribution in [0.15, 0.2) is 0 Å². The largest absolute Gasteiger partial charge is 0.448 e. The van der Waals surface area contributed by atoms with Gasteiger partial charge < -0.3 is 10.5 Å². The van der Waals surface area contributed by atoms with Crippen molar-refractivity contribution in [2.24, 2.45) is 5.73 Å². The second-order valence-corrected chi connectivity index (χ2v) is 2.39. The molecule has 10 heavy (non-hydrogen) atoms. The lowest BCUT2D eigenvalue weighted by Gasteiger charge is -1.99. The molecule has 0 aromatic carbocycles. The molecule has 0 rings (SSSR count). The molecule has 0 unspecified atom stereocenters. The number of urea groups is 1. The van der Waals surface area contributed by atoms with Gasteiger partial charge in [-0.1, -0.05) is 22.6 Å². The Hall–Kier alpha value is -0.530. The molecule has 6 heteroatoms. The number of amides is 3. The van der Waals surface area contributed by atoms with E-state index in [2.05, 4.69) is 10.5 Å². The number of carbonyl (C=O) groups is 2. The minimum absolute atomic E-state index is 0.277. The van der Waals surface area contributed by atoms with Crippen molar-refractivity contribution in [2.45, 2.75) is 0 Å². The lowest BCUT2D eigenvalue weighted by molar-refractivity contribution is 0.155. The van der Waals surface area contributed by atoms with Gasteiger partial charge in [0.15, 0.2) is 0 Å². The van der Waals surface area contributed by atoms with Crippen molar-refractivity contribution in [1.82, 2.24) is 5.32 Å². The number of hydrogen-bond donors (Lipinski definition) is 2. The first-order valence-electron chi connectivity index (χ1n) is 2.46. The number of primary amides is 1. The molecular weight excluding hydrogens is 251 g/mol. The van der Waals surface area contributed by atoms with Crippen molar-refractivity contribution in [3.8, 4) is 0 Å². The van der Waals surface area contributed by atoms with Crippen LogP contribution in [0, 0.1) is 0 Å². The van der Waals surface area contributed by atoms with Gasteiger partial charge in [0, 0.05) is 4.43 Å². The van der Waals surface area contributed by atoms with Crippen LogP contribution in [0.3, 0.4) is 0 Å². The average Bonchev–Trinajstić information content (AvgIpc) is 1.82. The molecule has 0 aromatic rings. The summed E-state index contributed by atoms with van der Waals surface area (Å²) in [6.45, 7) is 0.277. The highest BCUT2D eigenvalue weighted by molar-refractivity contribution is 14.1. The minimum atomic E-state index is -0.904. The Morgan fingerprint density at radius 3 is 2.60 bits per heavy atom. The van der Waals surface area contributed by atoms with E-state index in [9.17, 15) is 9.59 Å². The Balaban J connectivity index is 3.35. The average molecular weight is 258 g/mol. The van der Waals surface area contributed by atoms with Crippen molar-refractivity contribution in [3.63, 3.8) is 0 Å². The highest BCUT2D eigenvalue weighted by Crippen LogP contribution is 1.82. The Kier molecular flexibility index (Phi) is 4.99. The smallest absolute Gasteiger partial charge is 0.415 e. The highest BCUT2D eigenvalue weighted by atomic mass is 127. The molecule has 0 aliphatic carbocycles. The van der Waals surface area contributed by atoms with Crippen molar-refractivity contribution in [2.75, 3.05) is 11.0 Å². The van der Waals surface area contributed by atoms with Crippen molar-refractivity contribution in [3.05, 3.63) is 0 Å². The van der Waals surface area contributed by atoms with Crippen molar-refractivity contribution >= 4 is 34.7 Å². The first-order valence-corrected chi connectivity index (χ1v) is 3.98. The molecule has 0 spiro atoms. The number of rotatable bonds is 2. The van der Waals surface area contributed by atoms with Gasteiger partial charge in [0.25, 0.3) is 0 Å². The lowest BCUT2D eigenvalue weighted by atomic mass is 10.8.